The Labute approximate surface area is 108 Å². The summed E-state index contributed by atoms with van der Waals surface area (Å²) in [6.45, 7) is 0.837. The minimum absolute atomic E-state index is 0.135. The monoisotopic (exact) mass is 248 g/mol. The molecule has 1 heterocycles. The molecule has 1 aromatic rings. The summed E-state index contributed by atoms with van der Waals surface area (Å²) in [5.74, 6) is -0.773. The number of carboxylic acids is 1. The van der Waals surface area contributed by atoms with E-state index >= 15 is 0 Å². The summed E-state index contributed by atoms with van der Waals surface area (Å²) >= 11 is 0. The second-order valence-electron chi connectivity index (χ2n) is 5.08. The van der Waals surface area contributed by atoms with Crippen LogP contribution in [0.25, 0.3) is 0 Å². The van der Waals surface area contributed by atoms with Gasteiger partial charge in [-0.1, -0.05) is 6.07 Å². The first kappa shape index (κ1) is 13.0. The molecule has 1 aliphatic rings. The van der Waals surface area contributed by atoms with Gasteiger partial charge in [-0.05, 0) is 44.9 Å². The number of rotatable bonds is 4. The standard InChI is InChI=1S/C14H20N2O2/c1-16(10-12-4-2-3-9-15-12)13-7-5-11(6-8-13)14(17)18/h2-4,9,11,13H,5-8,10H2,1H3,(H,17,18). The Morgan fingerprint density at radius 3 is 2.67 bits per heavy atom. The Kier molecular flexibility index (Phi) is 4.31. The van der Waals surface area contributed by atoms with Crippen LogP contribution in [0.5, 0.6) is 0 Å². The zero-order valence-corrected chi connectivity index (χ0v) is 10.7. The van der Waals surface area contributed by atoms with E-state index in [4.69, 9.17) is 5.11 Å². The fourth-order valence-electron chi connectivity index (χ4n) is 2.64. The van der Waals surface area contributed by atoms with Gasteiger partial charge in [-0.2, -0.15) is 0 Å². The Morgan fingerprint density at radius 2 is 2.11 bits per heavy atom. The molecule has 0 unspecified atom stereocenters. The Balaban J connectivity index is 1.84. The van der Waals surface area contributed by atoms with Gasteiger partial charge in [0.1, 0.15) is 0 Å². The molecule has 98 valence electrons. The van der Waals surface area contributed by atoms with E-state index in [2.05, 4.69) is 16.9 Å². The maximum Gasteiger partial charge on any atom is 0.306 e. The number of pyridine rings is 1. The number of carbonyl (C=O) groups is 1. The SMILES string of the molecule is CN(Cc1ccccn1)C1CCC(C(=O)O)CC1. The average molecular weight is 248 g/mol. The lowest BCUT2D eigenvalue weighted by Crippen LogP contribution is -2.36. The summed E-state index contributed by atoms with van der Waals surface area (Å²) in [6.07, 6.45) is 5.35. The second kappa shape index (κ2) is 5.96. The zero-order valence-electron chi connectivity index (χ0n) is 10.7. The summed E-state index contributed by atoms with van der Waals surface area (Å²) in [6, 6.07) is 6.43. The van der Waals surface area contributed by atoms with Crippen molar-refractivity contribution in [2.75, 3.05) is 7.05 Å². The van der Waals surface area contributed by atoms with Gasteiger partial charge in [0, 0.05) is 18.8 Å². The van der Waals surface area contributed by atoms with Gasteiger partial charge in [-0.15, -0.1) is 0 Å². The van der Waals surface area contributed by atoms with Crippen LogP contribution < -0.4 is 0 Å². The molecule has 2 rings (SSSR count). The Bertz CT molecular complexity index is 386. The second-order valence-corrected chi connectivity index (χ2v) is 5.08. The van der Waals surface area contributed by atoms with E-state index in [-0.39, 0.29) is 5.92 Å². The van der Waals surface area contributed by atoms with E-state index in [1.54, 1.807) is 0 Å². The van der Waals surface area contributed by atoms with E-state index < -0.39 is 5.97 Å². The smallest absolute Gasteiger partial charge is 0.306 e. The molecule has 0 saturated heterocycles. The summed E-state index contributed by atoms with van der Waals surface area (Å²) in [4.78, 5) is 17.5. The highest BCUT2D eigenvalue weighted by Gasteiger charge is 2.27. The number of aliphatic carboxylic acids is 1. The van der Waals surface area contributed by atoms with E-state index in [0.717, 1.165) is 37.9 Å². The van der Waals surface area contributed by atoms with Gasteiger partial charge in [0.05, 0.1) is 11.6 Å². The highest BCUT2D eigenvalue weighted by atomic mass is 16.4. The molecule has 1 N–H and O–H groups in total. The molecule has 1 fully saturated rings. The van der Waals surface area contributed by atoms with E-state index in [9.17, 15) is 4.79 Å². The van der Waals surface area contributed by atoms with Crippen LogP contribution >= 0.6 is 0 Å². The molecule has 1 aromatic heterocycles. The van der Waals surface area contributed by atoms with Crippen LogP contribution in [0.3, 0.4) is 0 Å². The molecule has 1 saturated carbocycles. The van der Waals surface area contributed by atoms with Crippen molar-refractivity contribution in [2.24, 2.45) is 5.92 Å². The third-order valence-corrected chi connectivity index (χ3v) is 3.81. The normalized spacial score (nSPS) is 24.1. The molecule has 18 heavy (non-hydrogen) atoms. The highest BCUT2D eigenvalue weighted by Crippen LogP contribution is 2.27. The molecule has 0 radical (unpaired) electrons. The van der Waals surface area contributed by atoms with Crippen molar-refractivity contribution >= 4 is 5.97 Å². The molecule has 4 nitrogen and oxygen atoms in total. The highest BCUT2D eigenvalue weighted by molar-refractivity contribution is 5.70. The summed E-state index contributed by atoms with van der Waals surface area (Å²) in [7, 11) is 2.10. The van der Waals surface area contributed by atoms with Crippen molar-refractivity contribution in [3.63, 3.8) is 0 Å². The molecule has 0 aliphatic heterocycles. The third-order valence-electron chi connectivity index (χ3n) is 3.81. The molecule has 4 heteroatoms. The van der Waals surface area contributed by atoms with Gasteiger partial charge in [-0.25, -0.2) is 0 Å². The lowest BCUT2D eigenvalue weighted by Gasteiger charge is -2.33. The maximum absolute atomic E-state index is 10.9. The first-order valence-corrected chi connectivity index (χ1v) is 6.50. The quantitative estimate of drug-likeness (QED) is 0.887. The molecular weight excluding hydrogens is 228 g/mol. The molecule has 0 amide bonds. The van der Waals surface area contributed by atoms with Crippen LogP contribution in [0.4, 0.5) is 0 Å². The van der Waals surface area contributed by atoms with Gasteiger partial charge < -0.3 is 5.11 Å². The van der Waals surface area contributed by atoms with Crippen molar-refractivity contribution in [1.29, 1.82) is 0 Å². The number of hydrogen-bond donors (Lipinski definition) is 1. The molecular formula is C14H20N2O2. The van der Waals surface area contributed by atoms with Crippen LogP contribution in [0.2, 0.25) is 0 Å². The van der Waals surface area contributed by atoms with Gasteiger partial charge in [0.15, 0.2) is 0 Å². The molecule has 0 aromatic carbocycles. The zero-order chi connectivity index (χ0) is 13.0. The molecule has 0 bridgehead atoms. The predicted octanol–water partition coefficient (Wildman–Crippen LogP) is 2.16. The van der Waals surface area contributed by atoms with Crippen LogP contribution in [-0.4, -0.2) is 34.0 Å². The average Bonchev–Trinajstić information content (AvgIpc) is 2.40. The van der Waals surface area contributed by atoms with Crippen molar-refractivity contribution in [3.8, 4) is 0 Å². The number of aromatic nitrogens is 1. The van der Waals surface area contributed by atoms with E-state index in [0.29, 0.717) is 6.04 Å². The molecule has 0 spiro atoms. The van der Waals surface area contributed by atoms with Crippen molar-refractivity contribution in [1.82, 2.24) is 9.88 Å². The van der Waals surface area contributed by atoms with Crippen molar-refractivity contribution < 1.29 is 9.90 Å². The Morgan fingerprint density at radius 1 is 1.39 bits per heavy atom. The van der Waals surface area contributed by atoms with Gasteiger partial charge >= 0.3 is 5.97 Å². The van der Waals surface area contributed by atoms with E-state index in [1.165, 1.54) is 0 Å². The fraction of sp³-hybridized carbons (Fsp3) is 0.571. The lowest BCUT2D eigenvalue weighted by molar-refractivity contribution is -0.143. The number of hydrogen-bond acceptors (Lipinski definition) is 3. The minimum Gasteiger partial charge on any atom is -0.481 e. The molecule has 1 aliphatic carbocycles. The first-order chi connectivity index (χ1) is 8.66. The summed E-state index contributed by atoms with van der Waals surface area (Å²) in [5.41, 5.74) is 1.07. The van der Waals surface area contributed by atoms with Gasteiger partial charge in [0.25, 0.3) is 0 Å². The van der Waals surface area contributed by atoms with Crippen molar-refractivity contribution in [2.45, 2.75) is 38.3 Å². The topological polar surface area (TPSA) is 53.4 Å². The fourth-order valence-corrected chi connectivity index (χ4v) is 2.64. The van der Waals surface area contributed by atoms with E-state index in [1.807, 2.05) is 24.4 Å². The van der Waals surface area contributed by atoms with Gasteiger partial charge in [0.2, 0.25) is 0 Å². The van der Waals surface area contributed by atoms with Crippen LogP contribution in [0.15, 0.2) is 24.4 Å². The minimum atomic E-state index is -0.638. The largest absolute Gasteiger partial charge is 0.481 e. The Hall–Kier alpha value is -1.42. The molecule has 0 atom stereocenters. The predicted molar refractivity (Wildman–Crippen MR) is 69.1 cm³/mol. The van der Waals surface area contributed by atoms with Gasteiger partial charge in [-0.3, -0.25) is 14.7 Å². The summed E-state index contributed by atoms with van der Waals surface area (Å²) < 4.78 is 0. The first-order valence-electron chi connectivity index (χ1n) is 6.50. The van der Waals surface area contributed by atoms with Crippen LogP contribution in [0.1, 0.15) is 31.4 Å². The number of nitrogens with zero attached hydrogens (tertiary/aromatic N) is 2. The lowest BCUT2D eigenvalue weighted by atomic mass is 9.85. The third kappa shape index (κ3) is 3.29. The van der Waals surface area contributed by atoms with Crippen LogP contribution in [-0.2, 0) is 11.3 Å². The van der Waals surface area contributed by atoms with Crippen LogP contribution in [0, 0.1) is 5.92 Å². The number of carboxylic acid groups (broad SMARTS) is 1. The maximum atomic E-state index is 10.9. The van der Waals surface area contributed by atoms with Crippen molar-refractivity contribution in [3.05, 3.63) is 30.1 Å². The summed E-state index contributed by atoms with van der Waals surface area (Å²) in [5, 5.41) is 8.97.